The second-order valence-corrected chi connectivity index (χ2v) is 6.68. The highest BCUT2D eigenvalue weighted by molar-refractivity contribution is 7.89. The van der Waals surface area contributed by atoms with Gasteiger partial charge in [0, 0.05) is 19.2 Å². The maximum Gasteiger partial charge on any atom is 0.251 e. The van der Waals surface area contributed by atoms with Crippen molar-refractivity contribution in [2.45, 2.75) is 11.4 Å². The summed E-state index contributed by atoms with van der Waals surface area (Å²) in [6.45, 7) is 0.143. The first-order valence-corrected chi connectivity index (χ1v) is 8.35. The van der Waals surface area contributed by atoms with Gasteiger partial charge in [0.1, 0.15) is 4.90 Å². The standard InChI is InChI=1S/C15H15ClN2O3S/c1-17-15(19)12-7-8-13(16)14(9-12)22(20,21)18-10-11-5-3-2-4-6-11/h2-9,18H,10H2,1H3,(H,17,19). The van der Waals surface area contributed by atoms with Gasteiger partial charge in [0.2, 0.25) is 10.0 Å². The Morgan fingerprint density at radius 2 is 1.82 bits per heavy atom. The Balaban J connectivity index is 2.27. The minimum atomic E-state index is -3.82. The maximum absolute atomic E-state index is 12.4. The first kappa shape index (κ1) is 16.5. The summed E-state index contributed by atoms with van der Waals surface area (Å²) in [6.07, 6.45) is 0. The largest absolute Gasteiger partial charge is 0.355 e. The summed E-state index contributed by atoms with van der Waals surface area (Å²) in [5.74, 6) is -0.379. The molecule has 0 spiro atoms. The summed E-state index contributed by atoms with van der Waals surface area (Å²) in [6, 6.07) is 13.2. The minimum absolute atomic E-state index is 0.0632. The third-order valence-electron chi connectivity index (χ3n) is 3.02. The van der Waals surface area contributed by atoms with Gasteiger partial charge in [-0.05, 0) is 23.8 Å². The van der Waals surface area contributed by atoms with Crippen molar-refractivity contribution >= 4 is 27.5 Å². The van der Waals surface area contributed by atoms with Gasteiger partial charge in [0.15, 0.2) is 0 Å². The Morgan fingerprint density at radius 3 is 2.45 bits per heavy atom. The second-order valence-electron chi connectivity index (χ2n) is 4.53. The van der Waals surface area contributed by atoms with Gasteiger partial charge in [-0.3, -0.25) is 4.79 Å². The summed E-state index contributed by atoms with van der Waals surface area (Å²) < 4.78 is 27.2. The van der Waals surface area contributed by atoms with E-state index in [1.165, 1.54) is 25.2 Å². The fourth-order valence-electron chi connectivity index (χ4n) is 1.85. The van der Waals surface area contributed by atoms with Crippen molar-refractivity contribution in [3.8, 4) is 0 Å². The van der Waals surface area contributed by atoms with E-state index in [9.17, 15) is 13.2 Å². The van der Waals surface area contributed by atoms with Gasteiger partial charge in [-0.15, -0.1) is 0 Å². The Kier molecular flexibility index (Phi) is 5.18. The Labute approximate surface area is 134 Å². The molecule has 0 bridgehead atoms. The highest BCUT2D eigenvalue weighted by Crippen LogP contribution is 2.22. The number of amides is 1. The lowest BCUT2D eigenvalue weighted by Gasteiger charge is -2.10. The normalized spacial score (nSPS) is 11.2. The Bertz CT molecular complexity index is 777. The van der Waals surface area contributed by atoms with E-state index in [1.807, 2.05) is 30.3 Å². The van der Waals surface area contributed by atoms with Crippen LogP contribution in [0.2, 0.25) is 5.02 Å². The van der Waals surface area contributed by atoms with Crippen molar-refractivity contribution in [3.63, 3.8) is 0 Å². The van der Waals surface area contributed by atoms with Crippen molar-refractivity contribution in [1.82, 2.24) is 10.0 Å². The van der Waals surface area contributed by atoms with Crippen LogP contribution in [-0.4, -0.2) is 21.4 Å². The van der Waals surface area contributed by atoms with Crippen LogP contribution >= 0.6 is 11.6 Å². The number of hydrogen-bond donors (Lipinski definition) is 2. The van der Waals surface area contributed by atoms with Crippen LogP contribution in [0.1, 0.15) is 15.9 Å². The van der Waals surface area contributed by atoms with Crippen LogP contribution in [0.25, 0.3) is 0 Å². The lowest BCUT2D eigenvalue weighted by molar-refractivity contribution is 0.0963. The SMILES string of the molecule is CNC(=O)c1ccc(Cl)c(S(=O)(=O)NCc2ccccc2)c1. The van der Waals surface area contributed by atoms with Crippen LogP contribution in [0.5, 0.6) is 0 Å². The molecular weight excluding hydrogens is 324 g/mol. The van der Waals surface area contributed by atoms with E-state index in [-0.39, 0.29) is 27.9 Å². The Hall–Kier alpha value is -1.89. The lowest BCUT2D eigenvalue weighted by Crippen LogP contribution is -2.24. The number of carbonyl (C=O) groups excluding carboxylic acids is 1. The first-order chi connectivity index (χ1) is 10.4. The number of benzene rings is 2. The molecule has 116 valence electrons. The molecule has 22 heavy (non-hydrogen) atoms. The molecular formula is C15H15ClN2O3S. The predicted molar refractivity (Wildman–Crippen MR) is 85.3 cm³/mol. The molecule has 0 fully saturated rings. The van der Waals surface area contributed by atoms with Crippen LogP contribution in [0, 0.1) is 0 Å². The van der Waals surface area contributed by atoms with E-state index in [1.54, 1.807) is 0 Å². The predicted octanol–water partition coefficient (Wildman–Crippen LogP) is 2.18. The van der Waals surface area contributed by atoms with Crippen LogP contribution in [0.4, 0.5) is 0 Å². The molecule has 0 aliphatic heterocycles. The van der Waals surface area contributed by atoms with Crippen LogP contribution in [0.3, 0.4) is 0 Å². The third-order valence-corrected chi connectivity index (χ3v) is 4.90. The van der Waals surface area contributed by atoms with E-state index in [0.717, 1.165) is 5.56 Å². The van der Waals surface area contributed by atoms with Crippen molar-refractivity contribution in [3.05, 3.63) is 64.7 Å². The van der Waals surface area contributed by atoms with Crippen molar-refractivity contribution in [2.75, 3.05) is 7.05 Å². The van der Waals surface area contributed by atoms with Gasteiger partial charge in [-0.25, -0.2) is 13.1 Å². The van der Waals surface area contributed by atoms with Crippen LogP contribution < -0.4 is 10.0 Å². The molecule has 7 heteroatoms. The molecule has 0 atom stereocenters. The maximum atomic E-state index is 12.4. The minimum Gasteiger partial charge on any atom is -0.355 e. The zero-order valence-corrected chi connectivity index (χ0v) is 13.4. The van der Waals surface area contributed by atoms with Gasteiger partial charge in [0.05, 0.1) is 5.02 Å². The van der Waals surface area contributed by atoms with Gasteiger partial charge < -0.3 is 5.32 Å². The molecule has 2 N–H and O–H groups in total. The number of halogens is 1. The number of nitrogens with one attached hydrogen (secondary N) is 2. The summed E-state index contributed by atoms with van der Waals surface area (Å²) >= 11 is 5.96. The van der Waals surface area contributed by atoms with Gasteiger partial charge in [-0.2, -0.15) is 0 Å². The van der Waals surface area contributed by atoms with Crippen molar-refractivity contribution in [2.24, 2.45) is 0 Å². The zero-order chi connectivity index (χ0) is 16.2. The van der Waals surface area contributed by atoms with Crippen LogP contribution in [0.15, 0.2) is 53.4 Å². The van der Waals surface area contributed by atoms with E-state index < -0.39 is 10.0 Å². The summed E-state index contributed by atoms with van der Waals surface area (Å²) in [4.78, 5) is 11.5. The van der Waals surface area contributed by atoms with Gasteiger partial charge in [-0.1, -0.05) is 41.9 Å². The molecule has 2 rings (SSSR count). The topological polar surface area (TPSA) is 75.3 Å². The number of hydrogen-bond acceptors (Lipinski definition) is 3. The monoisotopic (exact) mass is 338 g/mol. The summed E-state index contributed by atoms with van der Waals surface area (Å²) in [5, 5.41) is 2.50. The average Bonchev–Trinajstić information content (AvgIpc) is 2.53. The molecule has 2 aromatic rings. The van der Waals surface area contributed by atoms with Crippen molar-refractivity contribution in [1.29, 1.82) is 0 Å². The van der Waals surface area contributed by atoms with E-state index >= 15 is 0 Å². The summed E-state index contributed by atoms with van der Waals surface area (Å²) in [7, 11) is -2.34. The first-order valence-electron chi connectivity index (χ1n) is 6.49. The lowest BCUT2D eigenvalue weighted by atomic mass is 10.2. The highest BCUT2D eigenvalue weighted by Gasteiger charge is 2.19. The molecule has 0 aliphatic rings. The molecule has 0 saturated heterocycles. The molecule has 0 aliphatic carbocycles. The molecule has 0 heterocycles. The molecule has 0 aromatic heterocycles. The van der Waals surface area contributed by atoms with E-state index in [0.29, 0.717) is 0 Å². The average molecular weight is 339 g/mol. The Morgan fingerprint density at radius 1 is 1.14 bits per heavy atom. The molecule has 0 radical (unpaired) electrons. The zero-order valence-electron chi connectivity index (χ0n) is 11.8. The smallest absolute Gasteiger partial charge is 0.251 e. The fourth-order valence-corrected chi connectivity index (χ4v) is 3.39. The third kappa shape index (κ3) is 3.85. The van der Waals surface area contributed by atoms with E-state index in [4.69, 9.17) is 11.6 Å². The number of carbonyl (C=O) groups is 1. The number of sulfonamides is 1. The van der Waals surface area contributed by atoms with Crippen LogP contribution in [-0.2, 0) is 16.6 Å². The van der Waals surface area contributed by atoms with Gasteiger partial charge >= 0.3 is 0 Å². The fraction of sp³-hybridized carbons (Fsp3) is 0.133. The second kappa shape index (κ2) is 6.91. The highest BCUT2D eigenvalue weighted by atomic mass is 35.5. The number of rotatable bonds is 5. The van der Waals surface area contributed by atoms with Crippen molar-refractivity contribution < 1.29 is 13.2 Å². The van der Waals surface area contributed by atoms with E-state index in [2.05, 4.69) is 10.0 Å². The molecule has 5 nitrogen and oxygen atoms in total. The van der Waals surface area contributed by atoms with Gasteiger partial charge in [0.25, 0.3) is 5.91 Å². The molecule has 1 amide bonds. The molecule has 0 saturated carbocycles. The summed E-state index contributed by atoms with van der Waals surface area (Å²) in [5.41, 5.74) is 1.05. The quantitative estimate of drug-likeness (QED) is 0.877. The molecule has 2 aromatic carbocycles. The molecule has 0 unspecified atom stereocenters.